The molecule has 1 fully saturated rings. The van der Waals surface area contributed by atoms with Gasteiger partial charge in [-0.15, -0.1) is 0 Å². The summed E-state index contributed by atoms with van der Waals surface area (Å²) >= 11 is 0. The third kappa shape index (κ3) is 3.98. The third-order valence-electron chi connectivity index (χ3n) is 4.48. The number of nitrogens with one attached hydrogen (secondary N) is 1. The molecule has 1 aromatic carbocycles. The van der Waals surface area contributed by atoms with E-state index in [2.05, 4.69) is 37.4 Å². The Morgan fingerprint density at radius 1 is 1.24 bits per heavy atom. The van der Waals surface area contributed by atoms with Crippen LogP contribution in [0.15, 0.2) is 24.3 Å². The molecule has 3 nitrogen and oxygen atoms in total. The monoisotopic (exact) mass is 291 g/mol. The number of hydrogen-bond donors (Lipinski definition) is 1. The zero-order valence-electron chi connectivity index (χ0n) is 13.7. The van der Waals surface area contributed by atoms with Crippen molar-refractivity contribution >= 4 is 0 Å². The second-order valence-electron chi connectivity index (χ2n) is 5.94. The van der Waals surface area contributed by atoms with Crippen LogP contribution in [0.3, 0.4) is 0 Å². The summed E-state index contributed by atoms with van der Waals surface area (Å²) in [5.41, 5.74) is 1.32. The van der Waals surface area contributed by atoms with E-state index in [9.17, 15) is 0 Å². The zero-order valence-corrected chi connectivity index (χ0v) is 13.7. The summed E-state index contributed by atoms with van der Waals surface area (Å²) < 4.78 is 11.7. The van der Waals surface area contributed by atoms with E-state index >= 15 is 0 Å². The molecule has 0 amide bonds. The predicted octanol–water partition coefficient (Wildman–Crippen LogP) is 4.09. The highest BCUT2D eigenvalue weighted by Crippen LogP contribution is 2.43. The number of para-hydroxylation sites is 1. The van der Waals surface area contributed by atoms with Crippen molar-refractivity contribution in [3.8, 4) is 5.75 Å². The lowest BCUT2D eigenvalue weighted by Crippen LogP contribution is -2.43. The largest absolute Gasteiger partial charge is 0.493 e. The highest BCUT2D eigenvalue weighted by molar-refractivity contribution is 5.36. The first kappa shape index (κ1) is 16.3. The van der Waals surface area contributed by atoms with E-state index in [1.54, 1.807) is 0 Å². The van der Waals surface area contributed by atoms with Crippen LogP contribution in [0.2, 0.25) is 0 Å². The van der Waals surface area contributed by atoms with Gasteiger partial charge in [-0.1, -0.05) is 32.0 Å². The van der Waals surface area contributed by atoms with Crippen molar-refractivity contribution in [2.24, 2.45) is 0 Å². The van der Waals surface area contributed by atoms with Gasteiger partial charge in [0, 0.05) is 18.7 Å². The molecule has 1 atom stereocenters. The molecule has 1 saturated carbocycles. The fourth-order valence-corrected chi connectivity index (χ4v) is 3.09. The number of hydrogen-bond acceptors (Lipinski definition) is 3. The van der Waals surface area contributed by atoms with Crippen LogP contribution in [-0.4, -0.2) is 25.9 Å². The van der Waals surface area contributed by atoms with Gasteiger partial charge in [-0.25, -0.2) is 0 Å². The van der Waals surface area contributed by atoms with Crippen molar-refractivity contribution in [2.75, 3.05) is 20.3 Å². The van der Waals surface area contributed by atoms with Crippen molar-refractivity contribution in [3.05, 3.63) is 29.8 Å². The molecule has 118 valence electrons. The third-order valence-corrected chi connectivity index (χ3v) is 4.48. The maximum absolute atomic E-state index is 5.93. The topological polar surface area (TPSA) is 30.5 Å². The molecular weight excluding hydrogens is 262 g/mol. The van der Waals surface area contributed by atoms with E-state index in [0.717, 1.165) is 31.7 Å². The van der Waals surface area contributed by atoms with Crippen LogP contribution in [0.1, 0.15) is 57.6 Å². The van der Waals surface area contributed by atoms with Gasteiger partial charge in [0.15, 0.2) is 0 Å². The minimum absolute atomic E-state index is 0.0602. The first-order chi connectivity index (χ1) is 10.2. The second kappa shape index (κ2) is 7.81. The summed E-state index contributed by atoms with van der Waals surface area (Å²) in [6.07, 6.45) is 5.67. The van der Waals surface area contributed by atoms with Crippen LogP contribution in [0, 0.1) is 0 Å². The highest BCUT2D eigenvalue weighted by Gasteiger charge is 2.39. The molecule has 0 aromatic heterocycles. The summed E-state index contributed by atoms with van der Waals surface area (Å²) in [5.74, 6) is 1.01. The van der Waals surface area contributed by atoms with Crippen LogP contribution in [-0.2, 0) is 4.74 Å². The molecule has 0 saturated heterocycles. The van der Waals surface area contributed by atoms with E-state index in [-0.39, 0.29) is 5.60 Å². The van der Waals surface area contributed by atoms with E-state index in [1.807, 2.05) is 13.2 Å². The van der Waals surface area contributed by atoms with Crippen molar-refractivity contribution in [3.63, 3.8) is 0 Å². The molecule has 21 heavy (non-hydrogen) atoms. The molecule has 1 aliphatic carbocycles. The smallest absolute Gasteiger partial charge is 0.124 e. The molecule has 1 aliphatic rings. The van der Waals surface area contributed by atoms with Crippen molar-refractivity contribution in [1.29, 1.82) is 0 Å². The van der Waals surface area contributed by atoms with Gasteiger partial charge in [0.2, 0.25) is 0 Å². The zero-order chi connectivity index (χ0) is 15.1. The second-order valence-corrected chi connectivity index (χ2v) is 5.94. The van der Waals surface area contributed by atoms with Gasteiger partial charge >= 0.3 is 0 Å². The first-order valence-corrected chi connectivity index (χ1v) is 8.25. The Morgan fingerprint density at radius 2 is 2.00 bits per heavy atom. The lowest BCUT2D eigenvalue weighted by molar-refractivity contribution is -0.0838. The van der Waals surface area contributed by atoms with Crippen LogP contribution in [0.25, 0.3) is 0 Å². The van der Waals surface area contributed by atoms with Crippen molar-refractivity contribution in [1.82, 2.24) is 5.32 Å². The predicted molar refractivity (Wildman–Crippen MR) is 86.9 cm³/mol. The number of rotatable bonds is 9. The quantitative estimate of drug-likeness (QED) is 0.743. The number of ether oxygens (including phenoxy) is 2. The normalized spacial score (nSPS) is 18.0. The Labute approximate surface area is 129 Å². The SMILES string of the molecule is CCCOc1ccccc1C(CC1(OC)CCC1)NCC. The van der Waals surface area contributed by atoms with E-state index < -0.39 is 0 Å². The maximum Gasteiger partial charge on any atom is 0.124 e. The van der Waals surface area contributed by atoms with Crippen LogP contribution >= 0.6 is 0 Å². The average Bonchev–Trinajstić information content (AvgIpc) is 2.48. The molecule has 1 aromatic rings. The molecule has 0 bridgehead atoms. The molecule has 0 spiro atoms. The lowest BCUT2D eigenvalue weighted by atomic mass is 9.74. The van der Waals surface area contributed by atoms with Gasteiger partial charge in [0.1, 0.15) is 5.75 Å². The Balaban J connectivity index is 2.17. The summed E-state index contributed by atoms with van der Waals surface area (Å²) in [6, 6.07) is 8.70. The fourth-order valence-electron chi connectivity index (χ4n) is 3.09. The first-order valence-electron chi connectivity index (χ1n) is 8.25. The Hall–Kier alpha value is -1.06. The van der Waals surface area contributed by atoms with Gasteiger partial charge < -0.3 is 14.8 Å². The van der Waals surface area contributed by atoms with Gasteiger partial charge in [0.25, 0.3) is 0 Å². The Kier molecular flexibility index (Phi) is 6.07. The molecular formula is C18H29NO2. The number of benzene rings is 1. The van der Waals surface area contributed by atoms with E-state index in [0.29, 0.717) is 6.04 Å². The Morgan fingerprint density at radius 3 is 2.57 bits per heavy atom. The fraction of sp³-hybridized carbons (Fsp3) is 0.667. The van der Waals surface area contributed by atoms with Gasteiger partial charge in [-0.2, -0.15) is 0 Å². The van der Waals surface area contributed by atoms with Crippen LogP contribution < -0.4 is 10.1 Å². The Bertz CT molecular complexity index is 423. The van der Waals surface area contributed by atoms with Crippen LogP contribution in [0.5, 0.6) is 5.75 Å². The van der Waals surface area contributed by atoms with Gasteiger partial charge in [-0.05, 0) is 44.7 Å². The minimum Gasteiger partial charge on any atom is -0.493 e. The van der Waals surface area contributed by atoms with Crippen LogP contribution in [0.4, 0.5) is 0 Å². The summed E-state index contributed by atoms with van der Waals surface area (Å²) in [7, 11) is 1.85. The maximum atomic E-state index is 5.93. The molecule has 0 heterocycles. The molecule has 0 radical (unpaired) electrons. The molecule has 1 unspecified atom stereocenters. The van der Waals surface area contributed by atoms with E-state index in [4.69, 9.17) is 9.47 Å². The van der Waals surface area contributed by atoms with Crippen molar-refractivity contribution < 1.29 is 9.47 Å². The highest BCUT2D eigenvalue weighted by atomic mass is 16.5. The standard InChI is InChI=1S/C18H29NO2/c1-4-13-21-17-10-7-6-9-15(17)16(19-5-2)14-18(20-3)11-8-12-18/h6-7,9-10,16,19H,4-5,8,11-14H2,1-3H3. The lowest BCUT2D eigenvalue weighted by Gasteiger charge is -2.43. The molecule has 3 heteroatoms. The molecule has 2 rings (SSSR count). The summed E-state index contributed by atoms with van der Waals surface area (Å²) in [4.78, 5) is 0. The minimum atomic E-state index is 0.0602. The van der Waals surface area contributed by atoms with Crippen molar-refractivity contribution in [2.45, 2.75) is 57.6 Å². The molecule has 0 aliphatic heterocycles. The van der Waals surface area contributed by atoms with E-state index in [1.165, 1.54) is 24.8 Å². The summed E-state index contributed by atoms with van der Waals surface area (Å²) in [5, 5.41) is 3.61. The molecule has 1 N–H and O–H groups in total. The van der Waals surface area contributed by atoms with Gasteiger partial charge in [-0.3, -0.25) is 0 Å². The van der Waals surface area contributed by atoms with Gasteiger partial charge in [0.05, 0.1) is 12.2 Å². The average molecular weight is 291 g/mol. The number of methoxy groups -OCH3 is 1. The summed E-state index contributed by atoms with van der Waals surface area (Å²) in [6.45, 7) is 6.01.